The minimum Gasteiger partial charge on any atom is -0.436 e. The van der Waals surface area contributed by atoms with Crippen molar-refractivity contribution in [1.82, 2.24) is 10.3 Å². The van der Waals surface area contributed by atoms with Gasteiger partial charge in [-0.1, -0.05) is 40.9 Å². The Labute approximate surface area is 194 Å². The number of nitrogens with one attached hydrogen (secondary N) is 2. The molecule has 0 aliphatic rings. The fourth-order valence-electron chi connectivity index (χ4n) is 3.18. The van der Waals surface area contributed by atoms with Crippen LogP contribution in [0.3, 0.4) is 0 Å². The number of halogens is 2. The number of carbonyl (C=O) groups excluding carboxylic acids is 1. The Morgan fingerprint density at radius 1 is 1.03 bits per heavy atom. The van der Waals surface area contributed by atoms with Crippen LogP contribution in [0.4, 0.5) is 5.69 Å². The van der Waals surface area contributed by atoms with Crippen molar-refractivity contribution >= 4 is 63.2 Å². The normalized spacial score (nSPS) is 10.8. The number of hydrogen-bond donors (Lipinski definition) is 2. The highest BCUT2D eigenvalue weighted by atomic mass is 35.5. The number of anilines is 1. The van der Waals surface area contributed by atoms with Crippen LogP contribution in [0.5, 0.6) is 0 Å². The van der Waals surface area contributed by atoms with E-state index in [0.717, 1.165) is 11.1 Å². The quantitative estimate of drug-likeness (QED) is 0.333. The topological polar surface area (TPSA) is 67.2 Å². The van der Waals surface area contributed by atoms with Crippen LogP contribution in [0, 0.1) is 13.8 Å². The molecule has 0 radical (unpaired) electrons. The van der Waals surface area contributed by atoms with Gasteiger partial charge in [-0.25, -0.2) is 4.98 Å². The van der Waals surface area contributed by atoms with Gasteiger partial charge in [0.25, 0.3) is 5.91 Å². The van der Waals surface area contributed by atoms with Crippen LogP contribution in [0.1, 0.15) is 21.5 Å². The van der Waals surface area contributed by atoms with Crippen molar-refractivity contribution in [3.63, 3.8) is 0 Å². The number of aromatic nitrogens is 1. The number of carbonyl (C=O) groups is 1. The Morgan fingerprint density at radius 2 is 1.84 bits per heavy atom. The Morgan fingerprint density at radius 3 is 2.61 bits per heavy atom. The largest absolute Gasteiger partial charge is 0.436 e. The molecule has 4 aromatic rings. The van der Waals surface area contributed by atoms with Gasteiger partial charge in [0, 0.05) is 16.3 Å². The van der Waals surface area contributed by atoms with E-state index in [4.69, 9.17) is 39.8 Å². The highest BCUT2D eigenvalue weighted by Gasteiger charge is 2.14. The fraction of sp³-hybridized carbons (Fsp3) is 0.0870. The predicted octanol–water partition coefficient (Wildman–Crippen LogP) is 6.55. The van der Waals surface area contributed by atoms with Crippen molar-refractivity contribution in [3.05, 3.63) is 81.3 Å². The summed E-state index contributed by atoms with van der Waals surface area (Å²) < 4.78 is 5.81. The van der Waals surface area contributed by atoms with Gasteiger partial charge in [0.1, 0.15) is 5.52 Å². The molecule has 0 fully saturated rings. The van der Waals surface area contributed by atoms with Crippen LogP contribution >= 0.6 is 35.4 Å². The molecule has 5 nitrogen and oxygen atoms in total. The van der Waals surface area contributed by atoms with Gasteiger partial charge in [-0.15, -0.1) is 0 Å². The number of oxazole rings is 1. The number of amides is 1. The first kappa shape index (κ1) is 21.3. The number of nitrogens with zero attached hydrogens (tertiary/aromatic N) is 1. The maximum absolute atomic E-state index is 12.5. The summed E-state index contributed by atoms with van der Waals surface area (Å²) in [5, 5.41) is 6.92. The summed E-state index contributed by atoms with van der Waals surface area (Å²) in [6, 6.07) is 16.0. The number of aryl methyl sites for hydroxylation is 2. The van der Waals surface area contributed by atoms with Crippen LogP contribution in [0.15, 0.2) is 59.0 Å². The molecule has 1 aromatic heterocycles. The number of thiocarbonyl (C=S) groups is 1. The van der Waals surface area contributed by atoms with Crippen molar-refractivity contribution in [2.75, 3.05) is 5.32 Å². The van der Waals surface area contributed by atoms with Crippen LogP contribution < -0.4 is 10.6 Å². The first-order valence-electron chi connectivity index (χ1n) is 9.36. The van der Waals surface area contributed by atoms with Crippen molar-refractivity contribution in [3.8, 4) is 11.5 Å². The molecule has 0 aliphatic heterocycles. The minimum atomic E-state index is -0.268. The molecule has 0 spiro atoms. The van der Waals surface area contributed by atoms with E-state index in [0.29, 0.717) is 43.9 Å². The van der Waals surface area contributed by atoms with Crippen LogP contribution in [-0.4, -0.2) is 16.0 Å². The Bertz CT molecular complexity index is 1330. The third kappa shape index (κ3) is 4.71. The molecule has 1 heterocycles. The lowest BCUT2D eigenvalue weighted by molar-refractivity contribution is 0.0977. The van der Waals surface area contributed by atoms with Crippen LogP contribution in [-0.2, 0) is 0 Å². The lowest BCUT2D eigenvalue weighted by atomic mass is 10.1. The van der Waals surface area contributed by atoms with Crippen molar-refractivity contribution in [2.45, 2.75) is 13.8 Å². The molecule has 1 amide bonds. The van der Waals surface area contributed by atoms with Crippen molar-refractivity contribution in [2.24, 2.45) is 0 Å². The van der Waals surface area contributed by atoms with E-state index in [2.05, 4.69) is 15.6 Å². The molecule has 3 aromatic carbocycles. The second-order valence-electron chi connectivity index (χ2n) is 7.05. The van der Waals surface area contributed by atoms with Gasteiger partial charge in [0.05, 0.1) is 10.6 Å². The number of rotatable bonds is 3. The molecule has 8 heteroatoms. The number of hydrogen-bond acceptors (Lipinski definition) is 4. The van der Waals surface area contributed by atoms with Crippen molar-refractivity contribution in [1.29, 1.82) is 0 Å². The molecule has 0 saturated heterocycles. The van der Waals surface area contributed by atoms with Crippen LogP contribution in [0.25, 0.3) is 22.6 Å². The molecular weight excluding hydrogens is 453 g/mol. The number of fused-ring (bicyclic) bond motifs is 1. The predicted molar refractivity (Wildman–Crippen MR) is 129 cm³/mol. The van der Waals surface area contributed by atoms with Gasteiger partial charge in [0.2, 0.25) is 5.89 Å². The summed E-state index contributed by atoms with van der Waals surface area (Å²) in [4.78, 5) is 17.0. The third-order valence-electron chi connectivity index (χ3n) is 4.66. The summed E-state index contributed by atoms with van der Waals surface area (Å²) in [6.07, 6.45) is 0. The third-order valence-corrected chi connectivity index (χ3v) is 5.43. The van der Waals surface area contributed by atoms with E-state index in [1.165, 1.54) is 0 Å². The minimum absolute atomic E-state index is 0.186. The zero-order valence-electron chi connectivity index (χ0n) is 16.6. The maximum Gasteiger partial charge on any atom is 0.257 e. The van der Waals surface area contributed by atoms with Gasteiger partial charge >= 0.3 is 0 Å². The second kappa shape index (κ2) is 8.67. The average Bonchev–Trinajstić information content (AvgIpc) is 3.12. The van der Waals surface area contributed by atoms with E-state index >= 15 is 0 Å². The molecular formula is C23H17Cl2N3O2S. The Kier molecular flexibility index (Phi) is 5.96. The second-order valence-corrected chi connectivity index (χ2v) is 8.30. The van der Waals surface area contributed by atoms with Crippen LogP contribution in [0.2, 0.25) is 10.0 Å². The molecule has 4 rings (SSSR count). The van der Waals surface area contributed by atoms with E-state index in [9.17, 15) is 4.79 Å². The van der Waals surface area contributed by atoms with E-state index in [1.54, 1.807) is 42.5 Å². The standard InChI is InChI=1S/C23H17Cl2N3O2S/c1-12-3-6-16(13(2)9-12)21(29)28-23(31)26-15-5-8-20-19(11-15)27-22(30-20)17-10-14(24)4-7-18(17)25/h3-11H,1-2H3,(H2,26,28,29,31). The molecule has 156 valence electrons. The zero-order chi connectivity index (χ0) is 22.1. The summed E-state index contributed by atoms with van der Waals surface area (Å²) in [7, 11) is 0. The monoisotopic (exact) mass is 469 g/mol. The highest BCUT2D eigenvalue weighted by molar-refractivity contribution is 7.80. The lowest BCUT2D eigenvalue weighted by Gasteiger charge is -2.11. The summed E-state index contributed by atoms with van der Waals surface area (Å²) in [6.45, 7) is 3.87. The van der Waals surface area contributed by atoms with Gasteiger partial charge in [0.15, 0.2) is 10.7 Å². The van der Waals surface area contributed by atoms with Gasteiger partial charge < -0.3 is 9.73 Å². The van der Waals surface area contributed by atoms with E-state index in [-0.39, 0.29) is 11.0 Å². The van der Waals surface area contributed by atoms with Gasteiger partial charge in [-0.3, -0.25) is 10.1 Å². The fourth-order valence-corrected chi connectivity index (χ4v) is 3.76. The van der Waals surface area contributed by atoms with Gasteiger partial charge in [-0.05, 0) is 74.1 Å². The summed E-state index contributed by atoms with van der Waals surface area (Å²) in [5.41, 5.74) is 5.02. The van der Waals surface area contributed by atoms with Crippen molar-refractivity contribution < 1.29 is 9.21 Å². The molecule has 2 N–H and O–H groups in total. The first-order valence-corrected chi connectivity index (χ1v) is 10.5. The molecule has 0 bridgehead atoms. The molecule has 0 atom stereocenters. The summed E-state index contributed by atoms with van der Waals surface area (Å²) >= 11 is 17.6. The first-order chi connectivity index (χ1) is 14.8. The number of benzene rings is 3. The molecule has 0 aliphatic carbocycles. The average molecular weight is 470 g/mol. The maximum atomic E-state index is 12.5. The molecule has 0 saturated carbocycles. The smallest absolute Gasteiger partial charge is 0.257 e. The van der Waals surface area contributed by atoms with Gasteiger partial charge in [-0.2, -0.15) is 0 Å². The van der Waals surface area contributed by atoms with E-state index in [1.807, 2.05) is 26.0 Å². The Hall–Kier alpha value is -2.93. The summed E-state index contributed by atoms with van der Waals surface area (Å²) in [5.74, 6) is 0.0979. The lowest BCUT2D eigenvalue weighted by Crippen LogP contribution is -2.34. The zero-order valence-corrected chi connectivity index (χ0v) is 19.0. The molecule has 31 heavy (non-hydrogen) atoms. The van der Waals surface area contributed by atoms with E-state index < -0.39 is 0 Å². The Balaban J connectivity index is 1.51. The SMILES string of the molecule is Cc1ccc(C(=O)NC(=S)Nc2ccc3oc(-c4cc(Cl)ccc4Cl)nc3c2)c(C)c1. The highest BCUT2D eigenvalue weighted by Crippen LogP contribution is 2.32. The molecule has 0 unspecified atom stereocenters.